The van der Waals surface area contributed by atoms with Crippen LogP contribution < -0.4 is 0 Å². The van der Waals surface area contributed by atoms with E-state index in [1.165, 1.54) is 25.0 Å². The maximum atomic E-state index is 12.7. The quantitative estimate of drug-likeness (QED) is 0.760. The van der Waals surface area contributed by atoms with Crippen molar-refractivity contribution >= 4 is 17.6 Å². The smallest absolute Gasteiger partial charge is 0.226 e. The van der Waals surface area contributed by atoms with Crippen molar-refractivity contribution in [3.05, 3.63) is 11.8 Å². The maximum Gasteiger partial charge on any atom is 0.226 e. The molecule has 0 aromatic rings. The fraction of sp³-hybridized carbons (Fsp3) is 0.773. The molecule has 2 amide bonds. The molecular formula is C22H32N2O3. The number of ketones is 1. The Bertz CT molecular complexity index is 641. The Balaban J connectivity index is 1.27. The molecular weight excluding hydrogens is 340 g/mol. The third-order valence-electron chi connectivity index (χ3n) is 7.09. The lowest BCUT2D eigenvalue weighted by atomic mass is 9.84. The van der Waals surface area contributed by atoms with Gasteiger partial charge in [-0.05, 0) is 63.2 Å². The molecule has 3 unspecified atom stereocenters. The van der Waals surface area contributed by atoms with Crippen LogP contribution in [0.3, 0.4) is 0 Å². The third kappa shape index (κ3) is 3.97. The molecule has 2 aliphatic heterocycles. The Hall–Kier alpha value is -1.65. The number of Topliss-reactive ketones (excluding diaryl/α,β-unsaturated/α-hetero) is 1. The zero-order valence-electron chi connectivity index (χ0n) is 16.3. The van der Waals surface area contributed by atoms with Crippen molar-refractivity contribution in [2.45, 2.75) is 83.1 Å². The Morgan fingerprint density at radius 3 is 2.70 bits per heavy atom. The van der Waals surface area contributed by atoms with E-state index in [0.717, 1.165) is 38.8 Å². The second-order valence-corrected chi connectivity index (χ2v) is 8.78. The molecule has 2 heterocycles. The number of nitrogens with zero attached hydrogens (tertiary/aromatic N) is 2. The van der Waals surface area contributed by atoms with E-state index in [1.54, 1.807) is 0 Å². The number of hydrogen-bond acceptors (Lipinski definition) is 3. The van der Waals surface area contributed by atoms with Crippen molar-refractivity contribution in [1.29, 1.82) is 0 Å². The van der Waals surface area contributed by atoms with Gasteiger partial charge in [0.25, 0.3) is 0 Å². The highest BCUT2D eigenvalue weighted by Gasteiger charge is 2.40. The van der Waals surface area contributed by atoms with Crippen LogP contribution >= 0.6 is 0 Å². The van der Waals surface area contributed by atoms with Gasteiger partial charge in [-0.15, -0.1) is 0 Å². The second-order valence-electron chi connectivity index (χ2n) is 8.78. The van der Waals surface area contributed by atoms with E-state index in [2.05, 4.69) is 6.08 Å². The van der Waals surface area contributed by atoms with Crippen LogP contribution in [0.25, 0.3) is 0 Å². The summed E-state index contributed by atoms with van der Waals surface area (Å²) < 4.78 is 0. The van der Waals surface area contributed by atoms with Gasteiger partial charge in [0.05, 0.1) is 0 Å². The summed E-state index contributed by atoms with van der Waals surface area (Å²) >= 11 is 0. The van der Waals surface area contributed by atoms with Crippen molar-refractivity contribution in [3.63, 3.8) is 0 Å². The molecule has 5 heteroatoms. The number of carbonyl (C=O) groups is 3. The molecule has 3 fully saturated rings. The summed E-state index contributed by atoms with van der Waals surface area (Å²) in [6, 6.07) is 0.129. The summed E-state index contributed by atoms with van der Waals surface area (Å²) in [5.74, 6) is 1.71. The Morgan fingerprint density at radius 1 is 1.00 bits per heavy atom. The first-order valence-corrected chi connectivity index (χ1v) is 10.9. The number of likely N-dealkylation sites (tertiary alicyclic amines) is 2. The summed E-state index contributed by atoms with van der Waals surface area (Å²) in [6.45, 7) is 1.63. The molecule has 0 radical (unpaired) electrons. The molecule has 0 N–H and O–H groups in total. The van der Waals surface area contributed by atoms with Crippen LogP contribution in [0.2, 0.25) is 0 Å². The minimum Gasteiger partial charge on any atom is -0.339 e. The highest BCUT2D eigenvalue weighted by molar-refractivity contribution is 5.83. The van der Waals surface area contributed by atoms with Crippen LogP contribution in [0.5, 0.6) is 0 Å². The fourth-order valence-corrected chi connectivity index (χ4v) is 5.64. The van der Waals surface area contributed by atoms with Crippen molar-refractivity contribution in [3.8, 4) is 0 Å². The van der Waals surface area contributed by atoms with Crippen LogP contribution in [-0.4, -0.2) is 46.5 Å². The molecule has 148 valence electrons. The van der Waals surface area contributed by atoms with Crippen molar-refractivity contribution in [1.82, 2.24) is 9.80 Å². The molecule has 2 saturated heterocycles. The van der Waals surface area contributed by atoms with E-state index in [9.17, 15) is 14.4 Å². The second kappa shape index (κ2) is 8.15. The summed E-state index contributed by atoms with van der Waals surface area (Å²) in [7, 11) is 0. The molecule has 0 aromatic carbocycles. The molecule has 27 heavy (non-hydrogen) atoms. The first-order valence-electron chi connectivity index (χ1n) is 10.9. The molecule has 1 saturated carbocycles. The predicted molar refractivity (Wildman–Crippen MR) is 103 cm³/mol. The Labute approximate surface area is 162 Å². The Morgan fingerprint density at radius 2 is 1.81 bits per heavy atom. The number of fused-ring (bicyclic) bond motifs is 2. The molecule has 4 aliphatic rings. The van der Waals surface area contributed by atoms with E-state index in [0.29, 0.717) is 49.7 Å². The fourth-order valence-electron chi connectivity index (χ4n) is 5.64. The molecule has 2 aliphatic carbocycles. The number of rotatable bonds is 4. The summed E-state index contributed by atoms with van der Waals surface area (Å²) in [5.41, 5.74) is 1.26. The highest BCUT2D eigenvalue weighted by Crippen LogP contribution is 2.36. The predicted octanol–water partition coefficient (Wildman–Crippen LogP) is 3.43. The Kier molecular flexibility index (Phi) is 5.65. The summed E-state index contributed by atoms with van der Waals surface area (Å²) in [4.78, 5) is 41.1. The van der Waals surface area contributed by atoms with Crippen molar-refractivity contribution in [2.24, 2.45) is 11.8 Å². The minimum absolute atomic E-state index is 0.129. The molecule has 0 spiro atoms. The number of allylic oxidation sites excluding steroid dienone is 2. The number of hydrogen-bond donors (Lipinski definition) is 0. The SMILES string of the molecule is O=C1CCC2CCN(C(=O)CCCC(=O)N3CCCC4CCCC=C43)C2C1. The standard InChI is InChI=1S/C22H32N2O3/c25-18-11-10-17-12-14-24(20(17)15-18)22(27)9-3-8-21(26)23-13-4-6-16-5-1-2-7-19(16)23/h7,16-17,20H,1-6,8-15H2. The first kappa shape index (κ1) is 18.7. The van der Waals surface area contributed by atoms with Gasteiger partial charge in [0.1, 0.15) is 5.78 Å². The average Bonchev–Trinajstić information content (AvgIpc) is 3.10. The number of amides is 2. The van der Waals surface area contributed by atoms with Gasteiger partial charge >= 0.3 is 0 Å². The van der Waals surface area contributed by atoms with E-state index >= 15 is 0 Å². The van der Waals surface area contributed by atoms with Gasteiger partial charge in [0.15, 0.2) is 0 Å². The van der Waals surface area contributed by atoms with Gasteiger partial charge in [-0.25, -0.2) is 0 Å². The summed E-state index contributed by atoms with van der Waals surface area (Å²) in [6.07, 6.45) is 12.8. The van der Waals surface area contributed by atoms with E-state index in [-0.39, 0.29) is 17.9 Å². The largest absolute Gasteiger partial charge is 0.339 e. The van der Waals surface area contributed by atoms with E-state index < -0.39 is 0 Å². The topological polar surface area (TPSA) is 57.7 Å². The minimum atomic E-state index is 0.129. The zero-order chi connectivity index (χ0) is 18.8. The van der Waals surface area contributed by atoms with Crippen molar-refractivity contribution in [2.75, 3.05) is 13.1 Å². The average molecular weight is 373 g/mol. The summed E-state index contributed by atoms with van der Waals surface area (Å²) in [5, 5.41) is 0. The van der Waals surface area contributed by atoms with Gasteiger partial charge in [0, 0.05) is 50.5 Å². The van der Waals surface area contributed by atoms with Gasteiger partial charge in [-0.2, -0.15) is 0 Å². The van der Waals surface area contributed by atoms with Gasteiger partial charge in [-0.1, -0.05) is 6.08 Å². The van der Waals surface area contributed by atoms with Gasteiger partial charge in [0.2, 0.25) is 11.8 Å². The zero-order valence-corrected chi connectivity index (χ0v) is 16.3. The monoisotopic (exact) mass is 372 g/mol. The lowest BCUT2D eigenvalue weighted by Crippen LogP contribution is -2.41. The van der Waals surface area contributed by atoms with E-state index in [1.807, 2.05) is 9.80 Å². The van der Waals surface area contributed by atoms with Crippen molar-refractivity contribution < 1.29 is 14.4 Å². The van der Waals surface area contributed by atoms with Crippen LogP contribution in [0.15, 0.2) is 11.8 Å². The number of piperidine rings is 1. The van der Waals surface area contributed by atoms with Crippen LogP contribution in [0.1, 0.15) is 77.0 Å². The van der Waals surface area contributed by atoms with Gasteiger partial charge in [-0.3, -0.25) is 14.4 Å². The normalized spacial score (nSPS) is 30.6. The highest BCUT2D eigenvalue weighted by atomic mass is 16.2. The molecule has 4 rings (SSSR count). The first-order chi connectivity index (χ1) is 13.1. The van der Waals surface area contributed by atoms with Crippen LogP contribution in [-0.2, 0) is 14.4 Å². The van der Waals surface area contributed by atoms with Crippen LogP contribution in [0, 0.1) is 11.8 Å². The van der Waals surface area contributed by atoms with Gasteiger partial charge < -0.3 is 9.80 Å². The molecule has 5 nitrogen and oxygen atoms in total. The third-order valence-corrected chi connectivity index (χ3v) is 7.09. The number of carbonyl (C=O) groups excluding carboxylic acids is 3. The molecule has 0 bridgehead atoms. The van der Waals surface area contributed by atoms with Crippen LogP contribution in [0.4, 0.5) is 0 Å². The van der Waals surface area contributed by atoms with E-state index in [4.69, 9.17) is 0 Å². The molecule has 3 atom stereocenters. The lowest BCUT2D eigenvalue weighted by Gasteiger charge is -2.38. The molecule has 0 aromatic heterocycles. The maximum absolute atomic E-state index is 12.7. The lowest BCUT2D eigenvalue weighted by molar-refractivity contribution is -0.134.